The highest BCUT2D eigenvalue weighted by Gasteiger charge is 2.37. The average molecular weight is 292 g/mol. The molecular formula is C16H21FN2O2. The predicted molar refractivity (Wildman–Crippen MR) is 77.6 cm³/mol. The minimum absolute atomic E-state index is 0.196. The highest BCUT2D eigenvalue weighted by Crippen LogP contribution is 2.26. The lowest BCUT2D eigenvalue weighted by molar-refractivity contribution is -0.130. The third kappa shape index (κ3) is 3.35. The number of amides is 1. The fourth-order valence-electron chi connectivity index (χ4n) is 3.18. The summed E-state index contributed by atoms with van der Waals surface area (Å²) < 4.78 is 18.7. The van der Waals surface area contributed by atoms with Crippen LogP contribution in [0.2, 0.25) is 0 Å². The van der Waals surface area contributed by atoms with E-state index in [1.165, 1.54) is 6.07 Å². The second-order valence-corrected chi connectivity index (χ2v) is 5.86. The summed E-state index contributed by atoms with van der Waals surface area (Å²) in [5, 5.41) is 3.37. The number of likely N-dealkylation sites (tertiary alicyclic amines) is 1. The van der Waals surface area contributed by atoms with Gasteiger partial charge in [0.2, 0.25) is 5.91 Å². The summed E-state index contributed by atoms with van der Waals surface area (Å²) in [4.78, 5) is 14.1. The SMILES string of the molecule is O=C(CCCOc1ccccc1F)N1C[C@H]2CNC[C@H]2C1. The Kier molecular flexibility index (Phi) is 4.39. The van der Waals surface area contributed by atoms with Gasteiger partial charge in [-0.25, -0.2) is 4.39 Å². The molecule has 4 nitrogen and oxygen atoms in total. The Bertz CT molecular complexity index is 497. The van der Waals surface area contributed by atoms with Crippen molar-refractivity contribution in [3.8, 4) is 5.75 Å². The number of halogens is 1. The first-order valence-electron chi connectivity index (χ1n) is 7.60. The van der Waals surface area contributed by atoms with Crippen LogP contribution in [0.3, 0.4) is 0 Å². The van der Waals surface area contributed by atoms with Crippen molar-refractivity contribution in [3.05, 3.63) is 30.1 Å². The van der Waals surface area contributed by atoms with Gasteiger partial charge in [-0.15, -0.1) is 0 Å². The molecule has 0 radical (unpaired) electrons. The van der Waals surface area contributed by atoms with Gasteiger partial charge in [-0.1, -0.05) is 12.1 Å². The van der Waals surface area contributed by atoms with Crippen molar-refractivity contribution in [3.63, 3.8) is 0 Å². The number of nitrogens with one attached hydrogen (secondary N) is 1. The number of nitrogens with zero attached hydrogens (tertiary/aromatic N) is 1. The molecule has 0 spiro atoms. The Morgan fingerprint density at radius 2 is 2.00 bits per heavy atom. The van der Waals surface area contributed by atoms with Gasteiger partial charge in [0.15, 0.2) is 11.6 Å². The molecule has 2 atom stereocenters. The molecule has 0 aliphatic carbocycles. The molecule has 2 fully saturated rings. The molecule has 21 heavy (non-hydrogen) atoms. The summed E-state index contributed by atoms with van der Waals surface area (Å²) in [6, 6.07) is 6.34. The van der Waals surface area contributed by atoms with Gasteiger partial charge in [-0.3, -0.25) is 4.79 Å². The van der Waals surface area contributed by atoms with Crippen molar-refractivity contribution in [1.82, 2.24) is 10.2 Å². The number of benzene rings is 1. The predicted octanol–water partition coefficient (Wildman–Crippen LogP) is 1.66. The maximum atomic E-state index is 13.3. The third-order valence-corrected chi connectivity index (χ3v) is 4.37. The zero-order valence-electron chi connectivity index (χ0n) is 12.1. The fourth-order valence-corrected chi connectivity index (χ4v) is 3.18. The number of rotatable bonds is 5. The maximum absolute atomic E-state index is 13.3. The molecular weight excluding hydrogens is 271 g/mol. The van der Waals surface area contributed by atoms with E-state index in [2.05, 4.69) is 5.32 Å². The fraction of sp³-hybridized carbons (Fsp3) is 0.562. The quantitative estimate of drug-likeness (QED) is 0.839. The average Bonchev–Trinajstić information content (AvgIpc) is 3.06. The van der Waals surface area contributed by atoms with Crippen molar-refractivity contribution in [2.75, 3.05) is 32.8 Å². The monoisotopic (exact) mass is 292 g/mol. The number of carbonyl (C=O) groups excluding carboxylic acids is 1. The summed E-state index contributed by atoms with van der Waals surface area (Å²) in [6.45, 7) is 4.19. The Morgan fingerprint density at radius 1 is 1.29 bits per heavy atom. The number of fused-ring (bicyclic) bond motifs is 1. The van der Waals surface area contributed by atoms with E-state index in [1.54, 1.807) is 18.2 Å². The van der Waals surface area contributed by atoms with E-state index in [-0.39, 0.29) is 17.5 Å². The van der Waals surface area contributed by atoms with Crippen LogP contribution < -0.4 is 10.1 Å². The van der Waals surface area contributed by atoms with Crippen molar-refractivity contribution in [2.45, 2.75) is 12.8 Å². The molecule has 5 heteroatoms. The number of hydrogen-bond acceptors (Lipinski definition) is 3. The van der Waals surface area contributed by atoms with Crippen molar-refractivity contribution in [1.29, 1.82) is 0 Å². The number of para-hydroxylation sites is 1. The van der Waals surface area contributed by atoms with Crippen LogP contribution in [0.25, 0.3) is 0 Å². The molecule has 2 saturated heterocycles. The molecule has 0 unspecified atom stereocenters. The van der Waals surface area contributed by atoms with E-state index in [4.69, 9.17) is 4.74 Å². The van der Waals surface area contributed by atoms with E-state index < -0.39 is 0 Å². The number of ether oxygens (including phenoxy) is 1. The van der Waals surface area contributed by atoms with Gasteiger partial charge in [-0.2, -0.15) is 0 Å². The van der Waals surface area contributed by atoms with Gasteiger partial charge in [0.1, 0.15) is 0 Å². The van der Waals surface area contributed by atoms with E-state index in [1.807, 2.05) is 4.90 Å². The first kappa shape index (κ1) is 14.3. The molecule has 1 aromatic carbocycles. The lowest BCUT2D eigenvalue weighted by Crippen LogP contribution is -2.31. The molecule has 1 N–H and O–H groups in total. The van der Waals surface area contributed by atoms with Gasteiger partial charge >= 0.3 is 0 Å². The summed E-state index contributed by atoms with van der Waals surface area (Å²) >= 11 is 0. The van der Waals surface area contributed by atoms with Crippen LogP contribution in [0.5, 0.6) is 5.75 Å². The summed E-state index contributed by atoms with van der Waals surface area (Å²) in [7, 11) is 0. The van der Waals surface area contributed by atoms with Crippen LogP contribution >= 0.6 is 0 Å². The number of carbonyl (C=O) groups is 1. The Morgan fingerprint density at radius 3 is 2.71 bits per heavy atom. The smallest absolute Gasteiger partial charge is 0.222 e. The molecule has 2 aliphatic heterocycles. The summed E-state index contributed by atoms with van der Waals surface area (Å²) in [5.74, 6) is 1.35. The lowest BCUT2D eigenvalue weighted by Gasteiger charge is -2.17. The Balaban J connectivity index is 1.38. The molecule has 0 saturated carbocycles. The van der Waals surface area contributed by atoms with Crippen molar-refractivity contribution < 1.29 is 13.9 Å². The van der Waals surface area contributed by atoms with Crippen LogP contribution in [0.4, 0.5) is 4.39 Å². The molecule has 3 rings (SSSR count). The molecule has 114 valence electrons. The van der Waals surface area contributed by atoms with Gasteiger partial charge in [0, 0.05) is 32.6 Å². The van der Waals surface area contributed by atoms with E-state index >= 15 is 0 Å². The molecule has 1 aromatic rings. The summed E-state index contributed by atoms with van der Waals surface area (Å²) in [6.07, 6.45) is 1.10. The molecule has 2 aliphatic rings. The second kappa shape index (κ2) is 6.43. The van der Waals surface area contributed by atoms with E-state index in [0.29, 0.717) is 31.3 Å². The van der Waals surface area contributed by atoms with Crippen LogP contribution in [-0.2, 0) is 4.79 Å². The van der Waals surface area contributed by atoms with Crippen LogP contribution in [0.15, 0.2) is 24.3 Å². The molecule has 1 amide bonds. The van der Waals surface area contributed by atoms with E-state index in [0.717, 1.165) is 26.2 Å². The minimum atomic E-state index is -0.358. The first-order valence-corrected chi connectivity index (χ1v) is 7.60. The van der Waals surface area contributed by atoms with Crippen molar-refractivity contribution in [2.24, 2.45) is 11.8 Å². The van der Waals surface area contributed by atoms with Crippen molar-refractivity contribution >= 4 is 5.91 Å². The maximum Gasteiger partial charge on any atom is 0.222 e. The largest absolute Gasteiger partial charge is 0.491 e. The molecule has 0 aromatic heterocycles. The van der Waals surface area contributed by atoms with Crippen LogP contribution in [-0.4, -0.2) is 43.6 Å². The van der Waals surface area contributed by atoms with Crippen LogP contribution in [0.1, 0.15) is 12.8 Å². The van der Waals surface area contributed by atoms with E-state index in [9.17, 15) is 9.18 Å². The number of hydrogen-bond donors (Lipinski definition) is 1. The third-order valence-electron chi connectivity index (χ3n) is 4.37. The highest BCUT2D eigenvalue weighted by molar-refractivity contribution is 5.76. The van der Waals surface area contributed by atoms with Gasteiger partial charge < -0.3 is 15.0 Å². The molecule has 0 bridgehead atoms. The lowest BCUT2D eigenvalue weighted by atomic mass is 10.0. The zero-order valence-corrected chi connectivity index (χ0v) is 12.1. The standard InChI is InChI=1S/C16H21FN2O2/c17-14-4-1-2-5-15(14)21-7-3-6-16(20)19-10-12-8-18-9-13(12)11-19/h1-2,4-5,12-13,18H,3,6-11H2/t12-,13+. The Labute approximate surface area is 124 Å². The minimum Gasteiger partial charge on any atom is -0.491 e. The zero-order chi connectivity index (χ0) is 14.7. The normalized spacial score (nSPS) is 24.1. The summed E-state index contributed by atoms with van der Waals surface area (Å²) in [5.41, 5.74) is 0. The second-order valence-electron chi connectivity index (χ2n) is 5.86. The van der Waals surface area contributed by atoms with Gasteiger partial charge in [0.25, 0.3) is 0 Å². The first-order chi connectivity index (χ1) is 10.2. The van der Waals surface area contributed by atoms with Gasteiger partial charge in [0.05, 0.1) is 6.61 Å². The highest BCUT2D eigenvalue weighted by atomic mass is 19.1. The topological polar surface area (TPSA) is 41.6 Å². The van der Waals surface area contributed by atoms with Crippen LogP contribution in [0, 0.1) is 17.7 Å². The molecule has 2 heterocycles. The Hall–Kier alpha value is -1.62. The van der Waals surface area contributed by atoms with Gasteiger partial charge in [-0.05, 0) is 30.4 Å².